The van der Waals surface area contributed by atoms with Crippen LogP contribution in [0, 0.1) is 17.8 Å². The third-order valence-electron chi connectivity index (χ3n) is 4.38. The van der Waals surface area contributed by atoms with Crippen LogP contribution in [0.5, 0.6) is 0 Å². The van der Waals surface area contributed by atoms with Crippen LogP contribution < -0.4 is 4.72 Å². The molecule has 4 nitrogen and oxygen atoms in total. The fraction of sp³-hybridized carbons (Fsp3) is 1.00. The van der Waals surface area contributed by atoms with Crippen molar-refractivity contribution < 1.29 is 13.5 Å². The fourth-order valence-corrected chi connectivity index (χ4v) is 5.03. The Morgan fingerprint density at radius 1 is 1.29 bits per heavy atom. The van der Waals surface area contributed by atoms with Crippen LogP contribution in [0.4, 0.5) is 0 Å². The molecule has 0 spiro atoms. The maximum absolute atomic E-state index is 11.9. The zero-order chi connectivity index (χ0) is 12.5. The number of hydrogen-bond donors (Lipinski definition) is 2. The molecule has 0 aromatic carbocycles. The number of sulfonamides is 1. The van der Waals surface area contributed by atoms with E-state index in [9.17, 15) is 13.5 Å². The van der Waals surface area contributed by atoms with Gasteiger partial charge in [0.05, 0.1) is 5.75 Å². The van der Waals surface area contributed by atoms with E-state index in [0.29, 0.717) is 18.3 Å². The highest BCUT2D eigenvalue weighted by molar-refractivity contribution is 7.89. The minimum Gasteiger partial charge on any atom is -0.396 e. The predicted octanol–water partition coefficient (Wildman–Crippen LogP) is 1.11. The first-order valence-electron chi connectivity index (χ1n) is 6.68. The Balaban J connectivity index is 1.98. The molecule has 2 aliphatic carbocycles. The smallest absolute Gasteiger partial charge is 0.211 e. The van der Waals surface area contributed by atoms with E-state index >= 15 is 0 Å². The van der Waals surface area contributed by atoms with Crippen LogP contribution in [0.3, 0.4) is 0 Å². The predicted molar refractivity (Wildman–Crippen MR) is 67.0 cm³/mol. The molecule has 0 aliphatic heterocycles. The zero-order valence-corrected chi connectivity index (χ0v) is 11.2. The fourth-order valence-electron chi connectivity index (χ4n) is 3.46. The van der Waals surface area contributed by atoms with E-state index in [2.05, 4.69) is 4.72 Å². The second-order valence-corrected chi connectivity index (χ2v) is 7.37. The van der Waals surface area contributed by atoms with Gasteiger partial charge in [-0.3, -0.25) is 0 Å². The maximum Gasteiger partial charge on any atom is 0.211 e. The maximum atomic E-state index is 11.9. The Kier molecular flexibility index (Phi) is 4.10. The molecular weight excluding hydrogens is 238 g/mol. The van der Waals surface area contributed by atoms with Gasteiger partial charge in [0.2, 0.25) is 10.0 Å². The number of fused-ring (bicyclic) bond motifs is 2. The van der Waals surface area contributed by atoms with Crippen LogP contribution in [0.15, 0.2) is 0 Å². The Bertz CT molecular complexity index is 355. The van der Waals surface area contributed by atoms with Gasteiger partial charge in [-0.25, -0.2) is 13.1 Å². The summed E-state index contributed by atoms with van der Waals surface area (Å²) in [6, 6.07) is -0.0133. The van der Waals surface area contributed by atoms with Crippen molar-refractivity contribution in [3.63, 3.8) is 0 Å². The highest BCUT2D eigenvalue weighted by Crippen LogP contribution is 2.48. The highest BCUT2D eigenvalue weighted by Gasteiger charge is 2.48. The van der Waals surface area contributed by atoms with E-state index in [1.807, 2.05) is 6.92 Å². The molecular formula is C12H23NO3S. The van der Waals surface area contributed by atoms with E-state index in [0.717, 1.165) is 25.7 Å². The van der Waals surface area contributed by atoms with Crippen molar-refractivity contribution in [2.45, 2.75) is 45.1 Å². The molecule has 2 bridgehead atoms. The van der Waals surface area contributed by atoms with Gasteiger partial charge in [0.1, 0.15) is 0 Å². The molecule has 0 aromatic rings. The van der Waals surface area contributed by atoms with Crippen molar-refractivity contribution in [1.82, 2.24) is 4.72 Å². The molecule has 0 radical (unpaired) electrons. The minimum absolute atomic E-state index is 0.0133. The van der Waals surface area contributed by atoms with Crippen molar-refractivity contribution >= 4 is 10.0 Å². The summed E-state index contributed by atoms with van der Waals surface area (Å²) in [5.74, 6) is 1.35. The lowest BCUT2D eigenvalue weighted by Crippen LogP contribution is -2.45. The number of rotatable bonds is 6. The second kappa shape index (κ2) is 5.24. The van der Waals surface area contributed by atoms with Crippen molar-refractivity contribution in [3.8, 4) is 0 Å². The molecule has 2 rings (SSSR count). The first-order chi connectivity index (χ1) is 8.07. The summed E-state index contributed by atoms with van der Waals surface area (Å²) in [6.07, 6.45) is 4.96. The molecule has 5 heteroatoms. The van der Waals surface area contributed by atoms with Crippen molar-refractivity contribution in [1.29, 1.82) is 0 Å². The van der Waals surface area contributed by atoms with Crippen LogP contribution in [0.25, 0.3) is 0 Å². The molecule has 0 aromatic heterocycles. The van der Waals surface area contributed by atoms with Gasteiger partial charge >= 0.3 is 0 Å². The molecule has 0 saturated heterocycles. The molecule has 2 fully saturated rings. The van der Waals surface area contributed by atoms with Gasteiger partial charge in [-0.1, -0.05) is 13.3 Å². The van der Waals surface area contributed by atoms with Gasteiger partial charge in [0.25, 0.3) is 0 Å². The van der Waals surface area contributed by atoms with Gasteiger partial charge in [-0.15, -0.1) is 0 Å². The van der Waals surface area contributed by atoms with Crippen LogP contribution in [-0.2, 0) is 10.0 Å². The number of nitrogens with one attached hydrogen (secondary N) is 1. The molecule has 100 valence electrons. The Morgan fingerprint density at radius 3 is 2.65 bits per heavy atom. The molecule has 0 amide bonds. The summed E-state index contributed by atoms with van der Waals surface area (Å²) >= 11 is 0. The van der Waals surface area contributed by atoms with E-state index in [-0.39, 0.29) is 24.3 Å². The van der Waals surface area contributed by atoms with Crippen LogP contribution in [-0.4, -0.2) is 31.9 Å². The lowest BCUT2D eigenvalue weighted by Gasteiger charge is -2.30. The standard InChI is InChI=1S/C12H23NO3S/c1-2-3-6-17(15,16)13-12-10-5-4-9(7-10)11(12)8-14/h9-14H,2-8H2,1H3/t9-,10-,11-,12-/m0/s1. The van der Waals surface area contributed by atoms with Gasteiger partial charge in [-0.2, -0.15) is 0 Å². The molecule has 2 saturated carbocycles. The minimum atomic E-state index is -3.15. The van der Waals surface area contributed by atoms with Crippen molar-refractivity contribution in [2.75, 3.05) is 12.4 Å². The number of hydrogen-bond acceptors (Lipinski definition) is 3. The van der Waals surface area contributed by atoms with Gasteiger partial charge in [0.15, 0.2) is 0 Å². The average Bonchev–Trinajstić information content (AvgIpc) is 2.86. The average molecular weight is 261 g/mol. The summed E-state index contributed by atoms with van der Waals surface area (Å²) < 4.78 is 26.6. The van der Waals surface area contributed by atoms with Crippen LogP contribution in [0.2, 0.25) is 0 Å². The van der Waals surface area contributed by atoms with Crippen molar-refractivity contribution in [2.24, 2.45) is 17.8 Å². The monoisotopic (exact) mass is 261 g/mol. The molecule has 0 heterocycles. The molecule has 17 heavy (non-hydrogen) atoms. The van der Waals surface area contributed by atoms with Crippen LogP contribution in [0.1, 0.15) is 39.0 Å². The molecule has 0 unspecified atom stereocenters. The highest BCUT2D eigenvalue weighted by atomic mass is 32.2. The van der Waals surface area contributed by atoms with Gasteiger partial charge in [0, 0.05) is 18.6 Å². The normalized spacial score (nSPS) is 36.6. The summed E-state index contributed by atoms with van der Waals surface area (Å²) in [6.45, 7) is 2.10. The summed E-state index contributed by atoms with van der Waals surface area (Å²) in [5.41, 5.74) is 0. The molecule has 4 atom stereocenters. The first-order valence-corrected chi connectivity index (χ1v) is 8.33. The van der Waals surface area contributed by atoms with E-state index in [1.165, 1.54) is 0 Å². The number of unbranched alkanes of at least 4 members (excludes halogenated alkanes) is 1. The van der Waals surface area contributed by atoms with E-state index < -0.39 is 10.0 Å². The van der Waals surface area contributed by atoms with E-state index in [4.69, 9.17) is 0 Å². The van der Waals surface area contributed by atoms with Crippen molar-refractivity contribution in [3.05, 3.63) is 0 Å². The SMILES string of the molecule is CCCCS(=O)(=O)N[C@H]1[C@H]2CC[C@@H](C2)[C@@H]1CO. The van der Waals surface area contributed by atoms with E-state index in [1.54, 1.807) is 0 Å². The Morgan fingerprint density at radius 2 is 2.00 bits per heavy atom. The quantitative estimate of drug-likeness (QED) is 0.753. The third kappa shape index (κ3) is 2.83. The van der Waals surface area contributed by atoms with Crippen LogP contribution >= 0.6 is 0 Å². The third-order valence-corrected chi connectivity index (χ3v) is 5.84. The Hall–Kier alpha value is -0.130. The molecule has 2 aliphatic rings. The lowest BCUT2D eigenvalue weighted by molar-refractivity contribution is 0.153. The first kappa shape index (κ1) is 13.3. The second-order valence-electron chi connectivity index (χ2n) is 5.50. The lowest BCUT2D eigenvalue weighted by atomic mass is 9.86. The van der Waals surface area contributed by atoms with Gasteiger partial charge < -0.3 is 5.11 Å². The summed E-state index contributed by atoms with van der Waals surface area (Å²) in [7, 11) is -3.15. The topological polar surface area (TPSA) is 66.4 Å². The zero-order valence-electron chi connectivity index (χ0n) is 10.4. The van der Waals surface area contributed by atoms with Gasteiger partial charge in [-0.05, 0) is 37.5 Å². The largest absolute Gasteiger partial charge is 0.396 e. The Labute approximate surface area is 104 Å². The number of aliphatic hydroxyl groups excluding tert-OH is 1. The number of aliphatic hydroxyl groups is 1. The summed E-state index contributed by atoms with van der Waals surface area (Å²) in [4.78, 5) is 0. The summed E-state index contributed by atoms with van der Waals surface area (Å²) in [5, 5.41) is 9.40. The molecule has 2 N–H and O–H groups in total.